The smallest absolute Gasteiger partial charge is 0.107 e. The van der Waals surface area contributed by atoms with Crippen LogP contribution >= 0.6 is 28.1 Å². The van der Waals surface area contributed by atoms with E-state index in [9.17, 15) is 0 Å². The molecule has 15 heavy (non-hydrogen) atoms. The van der Waals surface area contributed by atoms with Crippen LogP contribution in [0.25, 0.3) is 0 Å². The lowest BCUT2D eigenvalue weighted by Gasteiger charge is -2.21. The summed E-state index contributed by atoms with van der Waals surface area (Å²) in [7, 11) is 0. The lowest BCUT2D eigenvalue weighted by atomic mass is 10.1. The Labute approximate surface area is 104 Å². The van der Waals surface area contributed by atoms with Crippen LogP contribution in [0.4, 0.5) is 5.69 Å². The van der Waals surface area contributed by atoms with Crippen molar-refractivity contribution in [3.63, 3.8) is 0 Å². The zero-order valence-electron chi connectivity index (χ0n) is 8.37. The third-order valence-corrected chi connectivity index (χ3v) is 3.55. The van der Waals surface area contributed by atoms with Gasteiger partial charge in [0.05, 0.1) is 0 Å². The molecule has 2 nitrogen and oxygen atoms in total. The van der Waals surface area contributed by atoms with Gasteiger partial charge in [0, 0.05) is 28.8 Å². The molecule has 1 aromatic rings. The minimum atomic E-state index is 0.462. The first-order valence-electron chi connectivity index (χ1n) is 5.03. The van der Waals surface area contributed by atoms with Gasteiger partial charge in [0.1, 0.15) is 4.99 Å². The Morgan fingerprint density at radius 1 is 1.33 bits per heavy atom. The van der Waals surface area contributed by atoms with Crippen molar-refractivity contribution in [1.29, 1.82) is 0 Å². The summed E-state index contributed by atoms with van der Waals surface area (Å²) >= 11 is 8.59. The Morgan fingerprint density at radius 2 is 2.00 bits per heavy atom. The Kier molecular flexibility index (Phi) is 3.26. The molecule has 0 aromatic heterocycles. The van der Waals surface area contributed by atoms with Crippen LogP contribution in [0.2, 0.25) is 0 Å². The van der Waals surface area contributed by atoms with Gasteiger partial charge in [0.2, 0.25) is 0 Å². The third-order valence-electron chi connectivity index (χ3n) is 2.68. The molecular formula is C11H13BrN2S. The lowest BCUT2D eigenvalue weighted by molar-refractivity contribution is 0.949. The van der Waals surface area contributed by atoms with Gasteiger partial charge in [-0.3, -0.25) is 0 Å². The highest BCUT2D eigenvalue weighted by Gasteiger charge is 2.18. The van der Waals surface area contributed by atoms with Crippen molar-refractivity contribution in [2.45, 2.75) is 12.8 Å². The zero-order valence-corrected chi connectivity index (χ0v) is 10.8. The maximum Gasteiger partial charge on any atom is 0.107 e. The molecule has 1 aliphatic rings. The number of thiocarbonyl (C=S) groups is 1. The number of benzene rings is 1. The molecule has 1 aliphatic heterocycles. The van der Waals surface area contributed by atoms with E-state index < -0.39 is 0 Å². The van der Waals surface area contributed by atoms with Crippen molar-refractivity contribution >= 4 is 38.8 Å². The van der Waals surface area contributed by atoms with Gasteiger partial charge in [-0.2, -0.15) is 0 Å². The van der Waals surface area contributed by atoms with Crippen LogP contribution in [0.1, 0.15) is 18.4 Å². The third kappa shape index (κ3) is 2.16. The van der Waals surface area contributed by atoms with E-state index in [-0.39, 0.29) is 0 Å². The van der Waals surface area contributed by atoms with Crippen LogP contribution in [0.5, 0.6) is 0 Å². The van der Waals surface area contributed by atoms with Gasteiger partial charge in [-0.05, 0) is 40.9 Å². The quantitative estimate of drug-likeness (QED) is 0.847. The molecule has 1 heterocycles. The largest absolute Gasteiger partial charge is 0.389 e. The number of hydrogen-bond donors (Lipinski definition) is 1. The molecule has 0 saturated carbocycles. The molecule has 1 saturated heterocycles. The Morgan fingerprint density at radius 3 is 2.60 bits per heavy atom. The van der Waals surface area contributed by atoms with Crippen LogP contribution in [0, 0.1) is 0 Å². The molecular weight excluding hydrogens is 272 g/mol. The van der Waals surface area contributed by atoms with Crippen LogP contribution < -0.4 is 10.6 Å². The van der Waals surface area contributed by atoms with E-state index >= 15 is 0 Å². The van der Waals surface area contributed by atoms with Crippen LogP contribution in [-0.2, 0) is 0 Å². The summed E-state index contributed by atoms with van der Waals surface area (Å²) in [4.78, 5) is 2.81. The number of rotatable bonds is 2. The van der Waals surface area contributed by atoms with Crippen LogP contribution in [-0.4, -0.2) is 18.1 Å². The predicted molar refractivity (Wildman–Crippen MR) is 71.5 cm³/mol. The average molecular weight is 285 g/mol. The Hall–Kier alpha value is -0.610. The van der Waals surface area contributed by atoms with Gasteiger partial charge >= 0.3 is 0 Å². The van der Waals surface area contributed by atoms with E-state index in [2.05, 4.69) is 26.9 Å². The molecule has 80 valence electrons. The summed E-state index contributed by atoms with van der Waals surface area (Å²) in [6.45, 7) is 2.21. The monoisotopic (exact) mass is 284 g/mol. The molecule has 0 unspecified atom stereocenters. The van der Waals surface area contributed by atoms with Crippen molar-refractivity contribution in [3.8, 4) is 0 Å². The Balaban J connectivity index is 2.45. The molecule has 0 amide bonds. The second kappa shape index (κ2) is 4.49. The van der Waals surface area contributed by atoms with Gasteiger partial charge in [-0.1, -0.05) is 18.3 Å². The second-order valence-electron chi connectivity index (χ2n) is 3.69. The molecule has 2 N–H and O–H groups in total. The number of halogens is 1. The summed E-state index contributed by atoms with van der Waals surface area (Å²) in [5, 5.41) is 0. The van der Waals surface area contributed by atoms with E-state index in [1.807, 2.05) is 12.1 Å². The summed E-state index contributed by atoms with van der Waals surface area (Å²) in [6, 6.07) is 6.10. The Bertz CT molecular complexity index is 386. The van der Waals surface area contributed by atoms with E-state index in [1.165, 1.54) is 12.8 Å². The van der Waals surface area contributed by atoms with Gasteiger partial charge in [-0.25, -0.2) is 0 Å². The molecule has 4 heteroatoms. The number of nitrogens with zero attached hydrogens (tertiary/aromatic N) is 1. The first kappa shape index (κ1) is 10.9. The summed E-state index contributed by atoms with van der Waals surface area (Å²) in [5.74, 6) is 0. The maximum atomic E-state index is 5.76. The van der Waals surface area contributed by atoms with E-state index in [1.54, 1.807) is 0 Å². The highest BCUT2D eigenvalue weighted by Crippen LogP contribution is 2.29. The van der Waals surface area contributed by atoms with Gasteiger partial charge in [-0.15, -0.1) is 0 Å². The van der Waals surface area contributed by atoms with E-state index in [4.69, 9.17) is 18.0 Å². The minimum absolute atomic E-state index is 0.462. The minimum Gasteiger partial charge on any atom is -0.389 e. The van der Waals surface area contributed by atoms with E-state index in [0.717, 1.165) is 28.8 Å². The summed E-state index contributed by atoms with van der Waals surface area (Å²) in [6.07, 6.45) is 2.51. The molecule has 0 aliphatic carbocycles. The molecule has 2 rings (SSSR count). The molecule has 0 spiro atoms. The van der Waals surface area contributed by atoms with Crippen molar-refractivity contribution in [2.75, 3.05) is 18.0 Å². The fourth-order valence-electron chi connectivity index (χ4n) is 1.98. The van der Waals surface area contributed by atoms with Crippen molar-refractivity contribution in [3.05, 3.63) is 28.2 Å². The SMILES string of the molecule is NC(=S)c1c(Br)cccc1N1CCCC1. The molecule has 0 radical (unpaired) electrons. The van der Waals surface area contributed by atoms with Crippen LogP contribution in [0.15, 0.2) is 22.7 Å². The topological polar surface area (TPSA) is 29.3 Å². The summed E-state index contributed by atoms with van der Waals surface area (Å²) in [5.41, 5.74) is 7.89. The number of anilines is 1. The molecule has 0 atom stereocenters. The van der Waals surface area contributed by atoms with Crippen LogP contribution in [0.3, 0.4) is 0 Å². The second-order valence-corrected chi connectivity index (χ2v) is 4.99. The zero-order chi connectivity index (χ0) is 10.8. The van der Waals surface area contributed by atoms with Gasteiger partial charge in [0.15, 0.2) is 0 Å². The van der Waals surface area contributed by atoms with E-state index in [0.29, 0.717) is 4.99 Å². The number of hydrogen-bond acceptors (Lipinski definition) is 2. The predicted octanol–water partition coefficient (Wildman–Crippen LogP) is 2.68. The number of nitrogens with two attached hydrogens (primary N) is 1. The first-order chi connectivity index (χ1) is 7.20. The van der Waals surface area contributed by atoms with Crippen molar-refractivity contribution in [1.82, 2.24) is 0 Å². The molecule has 1 aromatic carbocycles. The fraction of sp³-hybridized carbons (Fsp3) is 0.364. The highest BCUT2D eigenvalue weighted by molar-refractivity contribution is 9.10. The van der Waals surface area contributed by atoms with Crippen molar-refractivity contribution in [2.24, 2.45) is 5.73 Å². The fourth-order valence-corrected chi connectivity index (χ4v) is 2.89. The standard InChI is InChI=1S/C11H13BrN2S/c12-8-4-3-5-9(10(8)11(13)15)14-6-1-2-7-14/h3-5H,1-2,6-7H2,(H2,13,15). The highest BCUT2D eigenvalue weighted by atomic mass is 79.9. The summed E-state index contributed by atoms with van der Waals surface area (Å²) < 4.78 is 0.986. The molecule has 0 bridgehead atoms. The van der Waals surface area contributed by atoms with Gasteiger partial charge < -0.3 is 10.6 Å². The lowest BCUT2D eigenvalue weighted by Crippen LogP contribution is -2.22. The normalized spacial score (nSPS) is 15.7. The van der Waals surface area contributed by atoms with Gasteiger partial charge in [0.25, 0.3) is 0 Å². The van der Waals surface area contributed by atoms with Crippen molar-refractivity contribution < 1.29 is 0 Å². The first-order valence-corrected chi connectivity index (χ1v) is 6.23. The maximum absolute atomic E-state index is 5.76. The average Bonchev–Trinajstić information content (AvgIpc) is 2.69. The molecule has 1 fully saturated rings.